The molecular weight excluding hydrogens is 385 g/mol. The highest BCUT2D eigenvalue weighted by molar-refractivity contribution is 5.83. The molecule has 1 N–H and O–H groups in total. The summed E-state index contributed by atoms with van der Waals surface area (Å²) in [5, 5.41) is 15.1. The van der Waals surface area contributed by atoms with Gasteiger partial charge in [-0.3, -0.25) is 9.59 Å². The first kappa shape index (κ1) is 20.2. The average molecular weight is 409 g/mol. The molecule has 30 heavy (non-hydrogen) atoms. The highest BCUT2D eigenvalue weighted by Crippen LogP contribution is 2.23. The first-order valence-corrected chi connectivity index (χ1v) is 10.2. The van der Waals surface area contributed by atoms with Gasteiger partial charge < -0.3 is 10.0 Å². The molecule has 7 heteroatoms. The van der Waals surface area contributed by atoms with E-state index in [1.165, 1.54) is 12.1 Å². The van der Waals surface area contributed by atoms with Gasteiger partial charge in [-0.1, -0.05) is 30.3 Å². The number of fused-ring (bicyclic) bond motifs is 1. The topological polar surface area (TPSA) is 75.4 Å². The zero-order chi connectivity index (χ0) is 21.1. The number of aliphatic carboxylic acids is 1. The van der Waals surface area contributed by atoms with Crippen molar-refractivity contribution in [1.82, 2.24) is 14.7 Å². The Morgan fingerprint density at radius 3 is 2.40 bits per heavy atom. The van der Waals surface area contributed by atoms with Crippen molar-refractivity contribution in [3.63, 3.8) is 0 Å². The first-order valence-electron chi connectivity index (χ1n) is 10.2. The van der Waals surface area contributed by atoms with Gasteiger partial charge in [-0.25, -0.2) is 9.07 Å². The monoisotopic (exact) mass is 409 g/mol. The van der Waals surface area contributed by atoms with Crippen LogP contribution in [0.3, 0.4) is 0 Å². The highest BCUT2D eigenvalue weighted by atomic mass is 19.1. The van der Waals surface area contributed by atoms with Crippen LogP contribution in [0.1, 0.15) is 36.6 Å². The first-order chi connectivity index (χ1) is 14.5. The van der Waals surface area contributed by atoms with Crippen molar-refractivity contribution in [2.75, 3.05) is 19.6 Å². The molecule has 6 nitrogen and oxygen atoms in total. The zero-order valence-corrected chi connectivity index (χ0v) is 16.6. The molecule has 0 unspecified atom stereocenters. The predicted molar refractivity (Wildman–Crippen MR) is 112 cm³/mol. The number of likely N-dealkylation sites (tertiary alicyclic amines) is 1. The lowest BCUT2D eigenvalue weighted by Crippen LogP contribution is -2.39. The molecule has 1 fully saturated rings. The molecule has 0 saturated carbocycles. The number of aromatic nitrogens is 2. The Kier molecular flexibility index (Phi) is 5.90. The number of carboxylic acids is 1. The van der Waals surface area contributed by atoms with Gasteiger partial charge in [-0.15, -0.1) is 0 Å². The third-order valence-corrected chi connectivity index (χ3v) is 5.73. The van der Waals surface area contributed by atoms with Crippen molar-refractivity contribution in [3.05, 3.63) is 76.0 Å². The lowest BCUT2D eigenvalue weighted by molar-refractivity contribution is -0.137. The molecule has 0 amide bonds. The molecule has 156 valence electrons. The van der Waals surface area contributed by atoms with Crippen molar-refractivity contribution < 1.29 is 14.3 Å². The van der Waals surface area contributed by atoms with E-state index in [0.717, 1.165) is 42.6 Å². The van der Waals surface area contributed by atoms with Gasteiger partial charge in [0, 0.05) is 31.4 Å². The molecule has 0 radical (unpaired) electrons. The summed E-state index contributed by atoms with van der Waals surface area (Å²) < 4.78 is 14.9. The number of nitrogens with zero attached hydrogens (tertiary/aromatic N) is 3. The summed E-state index contributed by atoms with van der Waals surface area (Å²) >= 11 is 0. The van der Waals surface area contributed by atoms with Crippen molar-refractivity contribution in [1.29, 1.82) is 0 Å². The molecule has 4 rings (SSSR count). The van der Waals surface area contributed by atoms with Gasteiger partial charge in [0.15, 0.2) is 0 Å². The van der Waals surface area contributed by atoms with Crippen LogP contribution in [0.25, 0.3) is 10.8 Å². The lowest BCUT2D eigenvalue weighted by Gasteiger charge is -2.32. The van der Waals surface area contributed by atoms with Crippen LogP contribution in [-0.4, -0.2) is 45.4 Å². The Morgan fingerprint density at radius 2 is 1.73 bits per heavy atom. The Balaban J connectivity index is 1.62. The Bertz CT molecular complexity index is 1100. The van der Waals surface area contributed by atoms with E-state index in [4.69, 9.17) is 10.2 Å². The second-order valence-corrected chi connectivity index (χ2v) is 7.76. The second kappa shape index (κ2) is 8.75. The molecule has 1 aromatic heterocycles. The van der Waals surface area contributed by atoms with Crippen molar-refractivity contribution >= 4 is 16.7 Å². The van der Waals surface area contributed by atoms with Crippen molar-refractivity contribution in [3.8, 4) is 0 Å². The van der Waals surface area contributed by atoms with Crippen LogP contribution in [0.15, 0.2) is 53.3 Å². The number of piperidine rings is 1. The molecule has 0 spiro atoms. The molecule has 1 aliphatic heterocycles. The quantitative estimate of drug-likeness (QED) is 0.677. The summed E-state index contributed by atoms with van der Waals surface area (Å²) in [6.07, 6.45) is 2.14. The van der Waals surface area contributed by atoms with Gasteiger partial charge in [-0.2, -0.15) is 5.10 Å². The smallest absolute Gasteiger partial charge is 0.304 e. The van der Waals surface area contributed by atoms with E-state index in [0.29, 0.717) is 18.4 Å². The third-order valence-electron chi connectivity index (χ3n) is 5.73. The van der Waals surface area contributed by atoms with Crippen LogP contribution in [0.4, 0.5) is 4.39 Å². The molecule has 1 aliphatic rings. The standard InChI is InChI=1S/C23H24FN3O3/c24-17-7-5-16(6-8-17)15-21-19-3-1-2-4-20(19)23(30)27(25-21)18-9-12-26(13-10-18)14-11-22(28)29/h1-8,18H,9-15H2,(H,28,29). The summed E-state index contributed by atoms with van der Waals surface area (Å²) in [6, 6.07) is 13.8. The SMILES string of the molecule is O=C(O)CCN1CCC(n2nc(Cc3ccc(F)cc3)c3ccccc3c2=O)CC1. The van der Waals surface area contributed by atoms with E-state index < -0.39 is 5.97 Å². The summed E-state index contributed by atoms with van der Waals surface area (Å²) in [7, 11) is 0. The number of hydrogen-bond donors (Lipinski definition) is 1. The second-order valence-electron chi connectivity index (χ2n) is 7.76. The predicted octanol–water partition coefficient (Wildman–Crippen LogP) is 3.24. The van der Waals surface area contributed by atoms with E-state index in [1.54, 1.807) is 16.8 Å². The molecule has 0 atom stereocenters. The number of rotatable bonds is 6. The Labute approximate surface area is 173 Å². The Morgan fingerprint density at radius 1 is 1.07 bits per heavy atom. The minimum absolute atomic E-state index is 0.0184. The maximum atomic E-state index is 13.3. The van der Waals surface area contributed by atoms with Crippen LogP contribution in [-0.2, 0) is 11.2 Å². The van der Waals surface area contributed by atoms with Crippen LogP contribution in [0.2, 0.25) is 0 Å². The van der Waals surface area contributed by atoms with Gasteiger partial charge in [0.2, 0.25) is 0 Å². The van der Waals surface area contributed by atoms with Gasteiger partial charge >= 0.3 is 5.97 Å². The van der Waals surface area contributed by atoms with Gasteiger partial charge in [0.25, 0.3) is 5.56 Å². The minimum atomic E-state index is -0.796. The van der Waals surface area contributed by atoms with E-state index in [2.05, 4.69) is 4.90 Å². The zero-order valence-electron chi connectivity index (χ0n) is 16.6. The normalized spacial score (nSPS) is 15.5. The Hall–Kier alpha value is -3.06. The molecule has 3 aromatic rings. The van der Waals surface area contributed by atoms with Gasteiger partial charge in [0.1, 0.15) is 5.82 Å². The van der Waals surface area contributed by atoms with Crippen LogP contribution < -0.4 is 5.56 Å². The van der Waals surface area contributed by atoms with E-state index in [9.17, 15) is 14.0 Å². The molecule has 0 bridgehead atoms. The molecule has 2 aromatic carbocycles. The molecule has 1 saturated heterocycles. The minimum Gasteiger partial charge on any atom is -0.481 e. The average Bonchev–Trinajstić information content (AvgIpc) is 2.76. The fraction of sp³-hybridized carbons (Fsp3) is 0.348. The largest absolute Gasteiger partial charge is 0.481 e. The number of halogens is 1. The van der Waals surface area contributed by atoms with E-state index in [-0.39, 0.29) is 23.8 Å². The number of carbonyl (C=O) groups is 1. The van der Waals surface area contributed by atoms with E-state index >= 15 is 0 Å². The fourth-order valence-electron chi connectivity index (χ4n) is 4.09. The lowest BCUT2D eigenvalue weighted by atomic mass is 10.0. The summed E-state index contributed by atoms with van der Waals surface area (Å²) in [6.45, 7) is 2.01. The maximum Gasteiger partial charge on any atom is 0.304 e. The summed E-state index contributed by atoms with van der Waals surface area (Å²) in [5.41, 5.74) is 1.63. The van der Waals surface area contributed by atoms with Crippen LogP contribution >= 0.6 is 0 Å². The summed E-state index contributed by atoms with van der Waals surface area (Å²) in [4.78, 5) is 26.1. The van der Waals surface area contributed by atoms with E-state index in [1.807, 2.05) is 24.3 Å². The maximum absolute atomic E-state index is 13.3. The highest BCUT2D eigenvalue weighted by Gasteiger charge is 2.24. The van der Waals surface area contributed by atoms with Crippen LogP contribution in [0.5, 0.6) is 0 Å². The molecular formula is C23H24FN3O3. The van der Waals surface area contributed by atoms with Crippen molar-refractivity contribution in [2.24, 2.45) is 0 Å². The van der Waals surface area contributed by atoms with Gasteiger partial charge in [-0.05, 0) is 36.6 Å². The third kappa shape index (κ3) is 4.41. The van der Waals surface area contributed by atoms with Crippen molar-refractivity contribution in [2.45, 2.75) is 31.7 Å². The number of carboxylic acid groups (broad SMARTS) is 1. The van der Waals surface area contributed by atoms with Crippen LogP contribution in [0, 0.1) is 5.82 Å². The fourth-order valence-corrected chi connectivity index (χ4v) is 4.09. The molecule has 2 heterocycles. The summed E-state index contributed by atoms with van der Waals surface area (Å²) in [5.74, 6) is -1.08. The molecule has 0 aliphatic carbocycles. The number of benzene rings is 2. The number of hydrogen-bond acceptors (Lipinski definition) is 4. The van der Waals surface area contributed by atoms with Gasteiger partial charge in [0.05, 0.1) is 23.5 Å².